The van der Waals surface area contributed by atoms with Gasteiger partial charge in [0.1, 0.15) is 35.2 Å². The first-order chi connectivity index (χ1) is 18.7. The number of aromatic nitrogens is 3. The summed E-state index contributed by atoms with van der Waals surface area (Å²) in [4.78, 5) is 15.8. The fourth-order valence-electron chi connectivity index (χ4n) is 5.75. The summed E-state index contributed by atoms with van der Waals surface area (Å²) in [6.07, 6.45) is 7.05. The zero-order chi connectivity index (χ0) is 27.2. The second-order valence-corrected chi connectivity index (χ2v) is 13.2. The van der Waals surface area contributed by atoms with Gasteiger partial charge in [0, 0.05) is 47.7 Å². The van der Waals surface area contributed by atoms with Crippen molar-refractivity contribution in [1.29, 1.82) is 0 Å². The van der Waals surface area contributed by atoms with Crippen molar-refractivity contribution in [2.45, 2.75) is 57.0 Å². The minimum absolute atomic E-state index is 0.00468. The van der Waals surface area contributed by atoms with Gasteiger partial charge in [-0.05, 0) is 61.4 Å². The SMILES string of the molecule is CC1(C)CCc2ncnc(N3CCOc4ccc(-c5cnc(N)c(S(=O)(=O)N[C@@H]6CCNC6)c5)cc4C3)c2C1. The minimum Gasteiger partial charge on any atom is -0.491 e. The predicted octanol–water partition coefficient (Wildman–Crippen LogP) is 2.67. The number of nitrogens with zero attached hydrogens (tertiary/aromatic N) is 4. The molecule has 2 aromatic heterocycles. The lowest BCUT2D eigenvalue weighted by atomic mass is 9.76. The molecular weight excluding hydrogens is 514 g/mol. The van der Waals surface area contributed by atoms with E-state index >= 15 is 0 Å². The van der Waals surface area contributed by atoms with Gasteiger partial charge in [-0.2, -0.15) is 0 Å². The lowest BCUT2D eigenvalue weighted by Crippen LogP contribution is -2.36. The summed E-state index contributed by atoms with van der Waals surface area (Å²) in [5, 5.41) is 3.17. The van der Waals surface area contributed by atoms with Crippen molar-refractivity contribution in [1.82, 2.24) is 25.0 Å². The van der Waals surface area contributed by atoms with Crippen LogP contribution in [0.2, 0.25) is 0 Å². The van der Waals surface area contributed by atoms with E-state index in [-0.39, 0.29) is 22.2 Å². The molecule has 206 valence electrons. The molecule has 0 radical (unpaired) electrons. The van der Waals surface area contributed by atoms with Crippen molar-refractivity contribution in [2.24, 2.45) is 5.41 Å². The molecule has 4 N–H and O–H groups in total. The van der Waals surface area contributed by atoms with E-state index in [0.717, 1.165) is 60.6 Å². The monoisotopic (exact) mass is 549 g/mol. The number of fused-ring (bicyclic) bond motifs is 2. The molecule has 2 aliphatic heterocycles. The van der Waals surface area contributed by atoms with Crippen molar-refractivity contribution in [3.05, 3.63) is 53.6 Å². The molecule has 1 saturated heterocycles. The molecular formula is C28H35N7O3S. The van der Waals surface area contributed by atoms with Crippen molar-refractivity contribution in [2.75, 3.05) is 36.9 Å². The van der Waals surface area contributed by atoms with Crippen LogP contribution in [0.15, 0.2) is 41.7 Å². The highest BCUT2D eigenvalue weighted by Gasteiger charge is 2.31. The first-order valence-corrected chi connectivity index (χ1v) is 15.0. The third-order valence-corrected chi connectivity index (χ3v) is 9.48. The number of hydrogen-bond acceptors (Lipinski definition) is 9. The number of rotatable bonds is 5. The maximum atomic E-state index is 13.1. The van der Waals surface area contributed by atoms with Gasteiger partial charge in [0.15, 0.2) is 0 Å². The number of benzene rings is 1. The third kappa shape index (κ3) is 5.30. The van der Waals surface area contributed by atoms with Crippen LogP contribution >= 0.6 is 0 Å². The molecule has 0 bridgehead atoms. The van der Waals surface area contributed by atoms with Crippen LogP contribution in [0.3, 0.4) is 0 Å². The van der Waals surface area contributed by atoms with E-state index in [1.165, 1.54) is 5.56 Å². The normalized spacial score (nSPS) is 20.6. The molecule has 0 unspecified atom stereocenters. The van der Waals surface area contributed by atoms with Gasteiger partial charge in [-0.15, -0.1) is 0 Å². The Bertz CT molecular complexity index is 1500. The Morgan fingerprint density at radius 3 is 2.87 bits per heavy atom. The standard InChI is InChI=1S/C28H35N7O3S/c1-28(2)7-5-23-22(13-28)27(33-17-32-23)35-9-10-38-24-4-3-18(11-20(24)16-35)19-12-25(26(29)31-14-19)39(36,37)34-21-6-8-30-15-21/h3-4,11-12,14,17,21,30,34H,5-10,13,15-16H2,1-2H3,(H2,29,31)/t21-/m1/s1. The third-order valence-electron chi connectivity index (χ3n) is 7.93. The van der Waals surface area contributed by atoms with Gasteiger partial charge < -0.3 is 20.7 Å². The van der Waals surface area contributed by atoms with Crippen LogP contribution in [-0.2, 0) is 29.4 Å². The zero-order valence-corrected chi connectivity index (χ0v) is 23.2. The molecule has 3 aliphatic rings. The zero-order valence-electron chi connectivity index (χ0n) is 22.4. The molecule has 1 fully saturated rings. The first-order valence-electron chi connectivity index (χ1n) is 13.5. The second-order valence-electron chi connectivity index (χ2n) is 11.5. The summed E-state index contributed by atoms with van der Waals surface area (Å²) in [6, 6.07) is 7.36. The summed E-state index contributed by atoms with van der Waals surface area (Å²) in [5.41, 5.74) is 11.1. The maximum Gasteiger partial charge on any atom is 0.244 e. The number of nitrogens with one attached hydrogen (secondary N) is 2. The van der Waals surface area contributed by atoms with E-state index < -0.39 is 10.0 Å². The summed E-state index contributed by atoms with van der Waals surface area (Å²) in [6.45, 7) is 7.86. The van der Waals surface area contributed by atoms with Gasteiger partial charge in [0.2, 0.25) is 10.0 Å². The summed E-state index contributed by atoms with van der Waals surface area (Å²) < 4.78 is 35.1. The maximum absolute atomic E-state index is 13.1. The molecule has 1 atom stereocenters. The fraction of sp³-hybridized carbons (Fsp3) is 0.464. The van der Waals surface area contributed by atoms with E-state index in [1.807, 2.05) is 18.2 Å². The molecule has 39 heavy (non-hydrogen) atoms. The molecule has 1 aromatic carbocycles. The van der Waals surface area contributed by atoms with Crippen molar-refractivity contribution in [3.8, 4) is 16.9 Å². The van der Waals surface area contributed by atoms with Crippen molar-refractivity contribution < 1.29 is 13.2 Å². The Labute approximate surface area is 229 Å². The van der Waals surface area contributed by atoms with E-state index in [0.29, 0.717) is 31.8 Å². The molecule has 0 saturated carbocycles. The van der Waals surface area contributed by atoms with Gasteiger partial charge in [0.25, 0.3) is 0 Å². The Morgan fingerprint density at radius 1 is 1.18 bits per heavy atom. The largest absolute Gasteiger partial charge is 0.491 e. The number of hydrogen-bond donors (Lipinski definition) is 3. The summed E-state index contributed by atoms with van der Waals surface area (Å²) >= 11 is 0. The lowest BCUT2D eigenvalue weighted by molar-refractivity contribution is 0.310. The van der Waals surface area contributed by atoms with E-state index in [4.69, 9.17) is 15.5 Å². The van der Waals surface area contributed by atoms with Gasteiger partial charge in [-0.1, -0.05) is 19.9 Å². The van der Waals surface area contributed by atoms with Gasteiger partial charge in [-0.3, -0.25) is 0 Å². The van der Waals surface area contributed by atoms with Crippen LogP contribution < -0.4 is 25.4 Å². The number of pyridine rings is 1. The van der Waals surface area contributed by atoms with Crippen LogP contribution in [0.25, 0.3) is 11.1 Å². The van der Waals surface area contributed by atoms with Gasteiger partial charge in [0.05, 0.1) is 6.54 Å². The minimum atomic E-state index is -3.82. The number of nitrogen functional groups attached to an aromatic ring is 1. The lowest BCUT2D eigenvalue weighted by Gasteiger charge is -2.33. The van der Waals surface area contributed by atoms with E-state index in [2.05, 4.69) is 38.8 Å². The van der Waals surface area contributed by atoms with Crippen molar-refractivity contribution >= 4 is 21.7 Å². The average molecular weight is 550 g/mol. The van der Waals surface area contributed by atoms with E-state index in [1.54, 1.807) is 18.6 Å². The highest BCUT2D eigenvalue weighted by molar-refractivity contribution is 7.89. The van der Waals surface area contributed by atoms with Crippen LogP contribution in [0, 0.1) is 5.41 Å². The van der Waals surface area contributed by atoms with Crippen LogP contribution in [0.4, 0.5) is 11.6 Å². The molecule has 1 aliphatic carbocycles. The number of aryl methyl sites for hydroxylation is 1. The molecule has 4 heterocycles. The van der Waals surface area contributed by atoms with Crippen LogP contribution in [0.5, 0.6) is 5.75 Å². The molecule has 3 aromatic rings. The highest BCUT2D eigenvalue weighted by atomic mass is 32.2. The molecule has 0 spiro atoms. The molecule has 0 amide bonds. The number of ether oxygens (including phenoxy) is 1. The Balaban J connectivity index is 1.31. The number of sulfonamides is 1. The molecule has 11 heteroatoms. The smallest absolute Gasteiger partial charge is 0.244 e. The van der Waals surface area contributed by atoms with Gasteiger partial charge in [-0.25, -0.2) is 28.1 Å². The van der Waals surface area contributed by atoms with Crippen molar-refractivity contribution in [3.63, 3.8) is 0 Å². The fourth-order valence-corrected chi connectivity index (χ4v) is 7.13. The predicted molar refractivity (Wildman–Crippen MR) is 150 cm³/mol. The van der Waals surface area contributed by atoms with Crippen LogP contribution in [0.1, 0.15) is 43.5 Å². The molecule has 6 rings (SSSR count). The topological polar surface area (TPSA) is 135 Å². The molecule has 10 nitrogen and oxygen atoms in total. The summed E-state index contributed by atoms with van der Waals surface area (Å²) in [7, 11) is -3.82. The Morgan fingerprint density at radius 2 is 2.05 bits per heavy atom. The van der Waals surface area contributed by atoms with Crippen LogP contribution in [-0.4, -0.2) is 55.7 Å². The quantitative estimate of drug-likeness (QED) is 0.439. The summed E-state index contributed by atoms with van der Waals surface area (Å²) in [5.74, 6) is 1.78. The van der Waals surface area contributed by atoms with E-state index in [9.17, 15) is 8.42 Å². The second kappa shape index (κ2) is 10.0. The number of anilines is 2. The Kier molecular flexibility index (Phi) is 6.68. The Hall–Kier alpha value is -3.28. The number of nitrogens with two attached hydrogens (primary N) is 1. The average Bonchev–Trinajstić information content (AvgIpc) is 3.31. The van der Waals surface area contributed by atoms with Gasteiger partial charge >= 0.3 is 0 Å². The highest BCUT2D eigenvalue weighted by Crippen LogP contribution is 2.39. The first kappa shape index (κ1) is 26.0.